The van der Waals surface area contributed by atoms with Crippen LogP contribution in [-0.2, 0) is 6.54 Å². The molecular weight excluding hydrogens is 340 g/mol. The summed E-state index contributed by atoms with van der Waals surface area (Å²) in [7, 11) is 0. The Balaban J connectivity index is 1.52. The van der Waals surface area contributed by atoms with E-state index < -0.39 is 0 Å². The highest BCUT2D eigenvalue weighted by Gasteiger charge is 2.14. The number of benzene rings is 1. The molecule has 27 heavy (non-hydrogen) atoms. The molecule has 0 radical (unpaired) electrons. The van der Waals surface area contributed by atoms with E-state index in [9.17, 15) is 4.79 Å². The molecule has 3 aromatic heterocycles. The molecule has 0 aliphatic heterocycles. The third-order valence-corrected chi connectivity index (χ3v) is 4.26. The first-order chi connectivity index (χ1) is 13.2. The summed E-state index contributed by atoms with van der Waals surface area (Å²) in [6.45, 7) is 2.28. The van der Waals surface area contributed by atoms with Crippen LogP contribution in [0.1, 0.15) is 21.5 Å². The second-order valence-corrected chi connectivity index (χ2v) is 6.11. The van der Waals surface area contributed by atoms with Crippen LogP contribution >= 0.6 is 0 Å². The molecule has 6 nitrogen and oxygen atoms in total. The number of nitrogens with zero attached hydrogens (tertiary/aromatic N) is 3. The molecule has 1 aromatic carbocycles. The Labute approximate surface area is 156 Å². The number of amides is 1. The van der Waals surface area contributed by atoms with Gasteiger partial charge in [-0.15, -0.1) is 0 Å². The minimum Gasteiger partial charge on any atom is -0.438 e. The van der Waals surface area contributed by atoms with Gasteiger partial charge in [0.1, 0.15) is 5.75 Å². The Hall–Kier alpha value is -3.67. The summed E-state index contributed by atoms with van der Waals surface area (Å²) in [6, 6.07) is 17.1. The van der Waals surface area contributed by atoms with Gasteiger partial charge in [-0.05, 0) is 36.8 Å². The Kier molecular flexibility index (Phi) is 4.53. The van der Waals surface area contributed by atoms with E-state index >= 15 is 0 Å². The van der Waals surface area contributed by atoms with Crippen molar-refractivity contribution in [2.24, 2.45) is 0 Å². The molecule has 0 aliphatic rings. The van der Waals surface area contributed by atoms with Crippen LogP contribution in [0.5, 0.6) is 11.6 Å². The van der Waals surface area contributed by atoms with Crippen LogP contribution in [0, 0.1) is 6.92 Å². The van der Waals surface area contributed by atoms with Crippen LogP contribution in [0.3, 0.4) is 0 Å². The van der Waals surface area contributed by atoms with Gasteiger partial charge in [0.25, 0.3) is 5.91 Å². The maximum absolute atomic E-state index is 12.6. The van der Waals surface area contributed by atoms with Crippen LogP contribution in [0.4, 0.5) is 0 Å². The Morgan fingerprint density at radius 2 is 1.96 bits per heavy atom. The lowest BCUT2D eigenvalue weighted by atomic mass is 10.2. The van der Waals surface area contributed by atoms with Crippen LogP contribution in [0.25, 0.3) is 5.52 Å². The number of hydrogen-bond acceptors (Lipinski definition) is 4. The van der Waals surface area contributed by atoms with Gasteiger partial charge in [-0.2, -0.15) is 5.10 Å². The van der Waals surface area contributed by atoms with E-state index in [1.54, 1.807) is 23.1 Å². The number of ether oxygens (including phenoxy) is 1. The molecule has 0 saturated heterocycles. The van der Waals surface area contributed by atoms with E-state index in [0.29, 0.717) is 18.0 Å². The summed E-state index contributed by atoms with van der Waals surface area (Å²) in [5.74, 6) is 1.03. The first-order valence-electron chi connectivity index (χ1n) is 8.60. The average molecular weight is 358 g/mol. The van der Waals surface area contributed by atoms with E-state index in [-0.39, 0.29) is 5.91 Å². The number of carbonyl (C=O) groups excluding carboxylic acids is 1. The second-order valence-electron chi connectivity index (χ2n) is 6.11. The second kappa shape index (κ2) is 7.29. The molecule has 3 heterocycles. The highest BCUT2D eigenvalue weighted by molar-refractivity contribution is 6.00. The number of nitrogens with one attached hydrogen (secondary N) is 1. The highest BCUT2D eigenvalue weighted by Crippen LogP contribution is 2.25. The normalized spacial score (nSPS) is 10.7. The Morgan fingerprint density at radius 1 is 1.11 bits per heavy atom. The quantitative estimate of drug-likeness (QED) is 0.590. The molecule has 4 aromatic rings. The van der Waals surface area contributed by atoms with E-state index in [1.807, 2.05) is 61.5 Å². The maximum atomic E-state index is 12.6. The van der Waals surface area contributed by atoms with E-state index in [1.165, 1.54) is 0 Å². The standard InChI is InChI=1S/C21H18N4O2/c1-15-7-2-3-10-19(15)27-21-16(8-6-11-22-21)13-23-20(26)17-14-24-25-12-5-4-9-18(17)25/h2-12,14H,13H2,1H3,(H,23,26). The lowest BCUT2D eigenvalue weighted by Gasteiger charge is -2.12. The molecule has 0 unspecified atom stereocenters. The first-order valence-corrected chi connectivity index (χ1v) is 8.60. The number of aromatic nitrogens is 3. The van der Waals surface area contributed by atoms with Crippen molar-refractivity contribution in [1.29, 1.82) is 0 Å². The number of fused-ring (bicyclic) bond motifs is 1. The smallest absolute Gasteiger partial charge is 0.255 e. The van der Waals surface area contributed by atoms with Crippen molar-refractivity contribution in [1.82, 2.24) is 19.9 Å². The molecule has 1 amide bonds. The molecule has 4 rings (SSSR count). The molecule has 0 saturated carbocycles. The fraction of sp³-hybridized carbons (Fsp3) is 0.0952. The van der Waals surface area contributed by atoms with Gasteiger partial charge in [-0.25, -0.2) is 9.50 Å². The monoisotopic (exact) mass is 358 g/mol. The molecule has 0 aliphatic carbocycles. The van der Waals surface area contributed by atoms with Gasteiger partial charge in [-0.3, -0.25) is 4.79 Å². The van der Waals surface area contributed by atoms with Crippen molar-refractivity contribution in [2.75, 3.05) is 0 Å². The van der Waals surface area contributed by atoms with Crippen LogP contribution < -0.4 is 10.1 Å². The largest absolute Gasteiger partial charge is 0.438 e. The number of para-hydroxylation sites is 1. The summed E-state index contributed by atoms with van der Waals surface area (Å²) in [6.07, 6.45) is 5.05. The van der Waals surface area contributed by atoms with Crippen molar-refractivity contribution in [3.63, 3.8) is 0 Å². The van der Waals surface area contributed by atoms with Gasteiger partial charge in [0.05, 0.1) is 17.3 Å². The molecule has 0 bridgehead atoms. The van der Waals surface area contributed by atoms with E-state index in [2.05, 4.69) is 15.4 Å². The van der Waals surface area contributed by atoms with Gasteiger partial charge in [0.2, 0.25) is 5.88 Å². The summed E-state index contributed by atoms with van der Waals surface area (Å²) < 4.78 is 7.63. The van der Waals surface area contributed by atoms with Gasteiger partial charge in [0, 0.05) is 24.5 Å². The van der Waals surface area contributed by atoms with Crippen molar-refractivity contribution in [2.45, 2.75) is 13.5 Å². The van der Waals surface area contributed by atoms with Gasteiger partial charge < -0.3 is 10.1 Å². The van der Waals surface area contributed by atoms with Gasteiger partial charge in [-0.1, -0.05) is 30.3 Å². The molecule has 1 N–H and O–H groups in total. The number of hydrogen-bond donors (Lipinski definition) is 1. The third-order valence-electron chi connectivity index (χ3n) is 4.26. The van der Waals surface area contributed by atoms with Crippen molar-refractivity contribution in [3.8, 4) is 11.6 Å². The fourth-order valence-corrected chi connectivity index (χ4v) is 2.81. The number of aryl methyl sites for hydroxylation is 1. The number of carbonyl (C=O) groups is 1. The number of rotatable bonds is 5. The van der Waals surface area contributed by atoms with Crippen molar-refractivity contribution in [3.05, 3.63) is 89.9 Å². The zero-order valence-corrected chi connectivity index (χ0v) is 14.8. The van der Waals surface area contributed by atoms with Crippen LogP contribution in [-0.4, -0.2) is 20.5 Å². The fourth-order valence-electron chi connectivity index (χ4n) is 2.81. The Morgan fingerprint density at radius 3 is 2.85 bits per heavy atom. The first kappa shape index (κ1) is 16.8. The minimum atomic E-state index is -0.193. The predicted octanol–water partition coefficient (Wildman–Crippen LogP) is 3.76. The predicted molar refractivity (Wildman–Crippen MR) is 102 cm³/mol. The molecule has 6 heteroatoms. The molecule has 134 valence electrons. The summed E-state index contributed by atoms with van der Waals surface area (Å²) in [5, 5.41) is 7.12. The van der Waals surface area contributed by atoms with E-state index in [0.717, 1.165) is 22.4 Å². The minimum absolute atomic E-state index is 0.193. The van der Waals surface area contributed by atoms with Crippen molar-refractivity contribution >= 4 is 11.4 Å². The van der Waals surface area contributed by atoms with E-state index in [4.69, 9.17) is 4.74 Å². The molecule has 0 atom stereocenters. The summed E-state index contributed by atoms with van der Waals surface area (Å²) in [4.78, 5) is 16.9. The number of pyridine rings is 2. The van der Waals surface area contributed by atoms with Crippen LogP contribution in [0.2, 0.25) is 0 Å². The zero-order chi connectivity index (χ0) is 18.6. The highest BCUT2D eigenvalue weighted by atomic mass is 16.5. The van der Waals surface area contributed by atoms with Crippen LogP contribution in [0.15, 0.2) is 73.2 Å². The lowest BCUT2D eigenvalue weighted by molar-refractivity contribution is 0.0952. The maximum Gasteiger partial charge on any atom is 0.255 e. The van der Waals surface area contributed by atoms with Gasteiger partial charge in [0.15, 0.2) is 0 Å². The third kappa shape index (κ3) is 3.50. The lowest BCUT2D eigenvalue weighted by Crippen LogP contribution is -2.23. The Bertz CT molecular complexity index is 1100. The summed E-state index contributed by atoms with van der Waals surface area (Å²) in [5.41, 5.74) is 3.11. The summed E-state index contributed by atoms with van der Waals surface area (Å²) >= 11 is 0. The topological polar surface area (TPSA) is 68.5 Å². The average Bonchev–Trinajstić information content (AvgIpc) is 3.13. The molecule has 0 spiro atoms. The van der Waals surface area contributed by atoms with Gasteiger partial charge >= 0.3 is 0 Å². The zero-order valence-electron chi connectivity index (χ0n) is 14.8. The van der Waals surface area contributed by atoms with Crippen molar-refractivity contribution < 1.29 is 9.53 Å². The SMILES string of the molecule is Cc1ccccc1Oc1ncccc1CNC(=O)c1cnn2ccccc12. The molecule has 0 fully saturated rings. The molecular formula is C21H18N4O2.